The van der Waals surface area contributed by atoms with Crippen LogP contribution in [0.2, 0.25) is 0 Å². The van der Waals surface area contributed by atoms with Crippen molar-refractivity contribution in [1.29, 1.82) is 0 Å². The van der Waals surface area contributed by atoms with Crippen molar-refractivity contribution in [3.8, 4) is 0 Å². The van der Waals surface area contributed by atoms with Crippen LogP contribution in [0.1, 0.15) is 6.92 Å². The largest absolute Gasteiger partial charge is 0.471 e. The van der Waals surface area contributed by atoms with Crippen LogP contribution in [0.4, 0.5) is 13.2 Å². The summed E-state index contributed by atoms with van der Waals surface area (Å²) in [4.78, 5) is 22.4. The Morgan fingerprint density at radius 3 is 2.74 bits per heavy atom. The molecule has 0 aromatic rings. The normalized spacial score (nSPS) is 19.2. The Hall–Kier alpha value is -1.38. The van der Waals surface area contributed by atoms with Gasteiger partial charge in [-0.05, 0) is 0 Å². The highest BCUT2D eigenvalue weighted by molar-refractivity contribution is 8.00. The maximum Gasteiger partial charge on any atom is 0.471 e. The molecule has 9 heteroatoms. The van der Waals surface area contributed by atoms with Gasteiger partial charge in [0.15, 0.2) is 0 Å². The summed E-state index contributed by atoms with van der Waals surface area (Å²) in [5, 5.41) is 5.44. The molecule has 0 aromatic heterocycles. The molecule has 2 amide bonds. The Labute approximate surface area is 112 Å². The quantitative estimate of drug-likeness (QED) is 0.803. The monoisotopic (exact) mass is 297 g/mol. The van der Waals surface area contributed by atoms with Crippen LogP contribution in [-0.2, 0) is 9.59 Å². The Bertz CT molecular complexity index is 398. The minimum Gasteiger partial charge on any atom is -0.359 e. The maximum absolute atomic E-state index is 12.2. The molecule has 19 heavy (non-hydrogen) atoms. The van der Waals surface area contributed by atoms with Crippen LogP contribution in [-0.4, -0.2) is 47.7 Å². The summed E-state index contributed by atoms with van der Waals surface area (Å²) >= 11 is 1.39. The van der Waals surface area contributed by atoms with E-state index in [1.165, 1.54) is 18.7 Å². The zero-order valence-electron chi connectivity index (χ0n) is 10.4. The van der Waals surface area contributed by atoms with Crippen molar-refractivity contribution >= 4 is 23.6 Å². The molecule has 0 aliphatic carbocycles. The maximum atomic E-state index is 12.2. The zero-order valence-corrected chi connectivity index (χ0v) is 11.2. The SMILES string of the molecule is CC(=O)NC1NC(CN(C)C(=O)C(F)(F)F)=CCS1. The van der Waals surface area contributed by atoms with Crippen molar-refractivity contribution in [2.45, 2.75) is 18.6 Å². The van der Waals surface area contributed by atoms with E-state index in [9.17, 15) is 22.8 Å². The molecule has 0 spiro atoms. The Balaban J connectivity index is 2.55. The molecule has 0 saturated carbocycles. The summed E-state index contributed by atoms with van der Waals surface area (Å²) < 4.78 is 36.6. The average molecular weight is 297 g/mol. The molecule has 1 heterocycles. The van der Waals surface area contributed by atoms with Crippen molar-refractivity contribution in [2.75, 3.05) is 19.3 Å². The van der Waals surface area contributed by atoms with Gasteiger partial charge in [-0.3, -0.25) is 9.59 Å². The van der Waals surface area contributed by atoms with E-state index in [-0.39, 0.29) is 12.5 Å². The van der Waals surface area contributed by atoms with Gasteiger partial charge in [0.25, 0.3) is 0 Å². The molecule has 108 valence electrons. The molecular weight excluding hydrogens is 283 g/mol. The molecule has 0 fully saturated rings. The predicted molar refractivity (Wildman–Crippen MR) is 65.0 cm³/mol. The first-order valence-corrected chi connectivity index (χ1v) is 6.41. The lowest BCUT2D eigenvalue weighted by atomic mass is 10.3. The molecule has 0 radical (unpaired) electrons. The predicted octanol–water partition coefficient (Wildman–Crippen LogP) is 0.647. The molecular formula is C10H14F3N3O2S. The van der Waals surface area contributed by atoms with Crippen molar-refractivity contribution in [2.24, 2.45) is 0 Å². The number of halogens is 3. The van der Waals surface area contributed by atoms with E-state index in [0.717, 1.165) is 7.05 Å². The van der Waals surface area contributed by atoms with E-state index in [4.69, 9.17) is 0 Å². The molecule has 1 aliphatic heterocycles. The molecule has 5 nitrogen and oxygen atoms in total. The molecule has 1 aliphatic rings. The van der Waals surface area contributed by atoms with Crippen LogP contribution in [0.3, 0.4) is 0 Å². The molecule has 2 N–H and O–H groups in total. The lowest BCUT2D eigenvalue weighted by Gasteiger charge is -2.28. The highest BCUT2D eigenvalue weighted by atomic mass is 32.2. The summed E-state index contributed by atoms with van der Waals surface area (Å²) in [6.07, 6.45) is -3.20. The summed E-state index contributed by atoms with van der Waals surface area (Å²) in [7, 11) is 1.08. The lowest BCUT2D eigenvalue weighted by Crippen LogP contribution is -2.47. The van der Waals surface area contributed by atoms with Crippen LogP contribution in [0.25, 0.3) is 0 Å². The summed E-state index contributed by atoms with van der Waals surface area (Å²) in [6.45, 7) is 1.16. The minimum atomic E-state index is -4.88. The van der Waals surface area contributed by atoms with Crippen LogP contribution in [0, 0.1) is 0 Å². The highest BCUT2D eigenvalue weighted by Crippen LogP contribution is 2.19. The average Bonchev–Trinajstić information content (AvgIpc) is 2.26. The number of amides is 2. The fourth-order valence-corrected chi connectivity index (χ4v) is 2.40. The second-order valence-corrected chi connectivity index (χ2v) is 5.08. The van der Waals surface area contributed by atoms with Gasteiger partial charge >= 0.3 is 12.1 Å². The smallest absolute Gasteiger partial charge is 0.359 e. The van der Waals surface area contributed by atoms with Crippen molar-refractivity contribution in [1.82, 2.24) is 15.5 Å². The second-order valence-electron chi connectivity index (χ2n) is 3.95. The van der Waals surface area contributed by atoms with Crippen molar-refractivity contribution in [3.05, 3.63) is 11.8 Å². The molecule has 1 atom stereocenters. The lowest BCUT2D eigenvalue weighted by molar-refractivity contribution is -0.183. The standard InChI is InChI=1S/C10H14F3N3O2S/c1-6(17)14-9-15-7(3-4-19-9)5-16(2)8(18)10(11,12)13/h3,9,15H,4-5H2,1-2H3,(H,14,17). The number of thioether (sulfide) groups is 1. The summed E-state index contributed by atoms with van der Waals surface area (Å²) in [5.74, 6) is -1.60. The number of likely N-dealkylation sites (N-methyl/N-ethyl adjacent to an activating group) is 1. The Kier molecular flexibility index (Phi) is 5.10. The highest BCUT2D eigenvalue weighted by Gasteiger charge is 2.41. The molecule has 0 aromatic carbocycles. The molecule has 1 rings (SSSR count). The second kappa shape index (κ2) is 6.18. The van der Waals surface area contributed by atoms with E-state index in [1.807, 2.05) is 0 Å². The third-order valence-electron chi connectivity index (χ3n) is 2.24. The van der Waals surface area contributed by atoms with Crippen LogP contribution in [0.5, 0.6) is 0 Å². The van der Waals surface area contributed by atoms with Crippen LogP contribution < -0.4 is 10.6 Å². The first kappa shape index (κ1) is 15.7. The Morgan fingerprint density at radius 2 is 2.21 bits per heavy atom. The van der Waals surface area contributed by atoms with Crippen LogP contribution >= 0.6 is 11.8 Å². The van der Waals surface area contributed by atoms with Gasteiger partial charge < -0.3 is 15.5 Å². The summed E-state index contributed by atoms with van der Waals surface area (Å²) in [6, 6.07) is 0. The number of hydrogen-bond donors (Lipinski definition) is 2. The third-order valence-corrected chi connectivity index (χ3v) is 3.17. The van der Waals surface area contributed by atoms with Crippen LogP contribution in [0.15, 0.2) is 11.8 Å². The first-order valence-electron chi connectivity index (χ1n) is 5.36. The number of nitrogens with one attached hydrogen (secondary N) is 2. The van der Waals surface area contributed by atoms with Gasteiger partial charge in [-0.25, -0.2) is 0 Å². The third kappa shape index (κ3) is 5.01. The van der Waals surface area contributed by atoms with Gasteiger partial charge in [0.2, 0.25) is 5.91 Å². The minimum absolute atomic E-state index is 0.186. The zero-order chi connectivity index (χ0) is 14.6. The molecule has 0 saturated heterocycles. The van der Waals surface area contributed by atoms with E-state index < -0.39 is 17.6 Å². The van der Waals surface area contributed by atoms with Gasteiger partial charge in [0.05, 0.1) is 6.54 Å². The topological polar surface area (TPSA) is 61.4 Å². The van der Waals surface area contributed by atoms with Gasteiger partial charge in [0, 0.05) is 25.4 Å². The number of rotatable bonds is 3. The number of carbonyl (C=O) groups excluding carboxylic acids is 2. The van der Waals surface area contributed by atoms with E-state index in [2.05, 4.69) is 10.6 Å². The first-order chi connectivity index (χ1) is 8.70. The van der Waals surface area contributed by atoms with E-state index in [1.54, 1.807) is 6.08 Å². The van der Waals surface area contributed by atoms with E-state index in [0.29, 0.717) is 16.3 Å². The van der Waals surface area contributed by atoms with Gasteiger partial charge in [-0.15, -0.1) is 11.8 Å². The number of alkyl halides is 3. The van der Waals surface area contributed by atoms with Crippen molar-refractivity contribution < 1.29 is 22.8 Å². The Morgan fingerprint density at radius 1 is 1.58 bits per heavy atom. The van der Waals surface area contributed by atoms with Crippen molar-refractivity contribution in [3.63, 3.8) is 0 Å². The van der Waals surface area contributed by atoms with E-state index >= 15 is 0 Å². The molecule has 0 bridgehead atoms. The molecule has 1 unspecified atom stereocenters. The number of hydrogen-bond acceptors (Lipinski definition) is 4. The fourth-order valence-electron chi connectivity index (χ4n) is 1.43. The van der Waals surface area contributed by atoms with Gasteiger partial charge in [0.1, 0.15) is 5.50 Å². The van der Waals surface area contributed by atoms with Gasteiger partial charge in [-0.2, -0.15) is 13.2 Å². The number of carbonyl (C=O) groups is 2. The summed E-state index contributed by atoms with van der Waals surface area (Å²) in [5.41, 5.74) is 0.0736. The fraction of sp³-hybridized carbons (Fsp3) is 0.600. The van der Waals surface area contributed by atoms with Gasteiger partial charge in [-0.1, -0.05) is 6.08 Å². The number of nitrogens with zero attached hydrogens (tertiary/aromatic N) is 1.